The average molecular weight is 299 g/mol. The van der Waals surface area contributed by atoms with Crippen LogP contribution in [0.1, 0.15) is 108 Å². The summed E-state index contributed by atoms with van der Waals surface area (Å²) in [5, 5.41) is 0. The summed E-state index contributed by atoms with van der Waals surface area (Å²) in [6, 6.07) is 0. The van der Waals surface area contributed by atoms with Crippen LogP contribution in [0.25, 0.3) is 0 Å². The summed E-state index contributed by atoms with van der Waals surface area (Å²) in [5.41, 5.74) is 0. The third-order valence-electron chi connectivity index (χ3n) is 2.99. The summed E-state index contributed by atoms with van der Waals surface area (Å²) in [4.78, 5) is 0. The van der Waals surface area contributed by atoms with E-state index in [1.807, 2.05) is 48.5 Å². The fraction of sp³-hybridized carbons (Fsp3) is 0.905. The Labute approximate surface area is 138 Å². The topological polar surface area (TPSA) is 0 Å². The van der Waals surface area contributed by atoms with Crippen molar-refractivity contribution in [3.05, 3.63) is 0 Å². The van der Waals surface area contributed by atoms with Crippen LogP contribution in [0.15, 0.2) is 0 Å². The van der Waals surface area contributed by atoms with E-state index in [0.29, 0.717) is 5.92 Å². The molecule has 1 aliphatic rings. The fourth-order valence-electron chi connectivity index (χ4n) is 1.71. The highest BCUT2D eigenvalue weighted by atomic mass is 14.1. The molecule has 0 amide bonds. The van der Waals surface area contributed by atoms with Gasteiger partial charge in [0, 0.05) is 5.92 Å². The average Bonchev–Trinajstić information content (AvgIpc) is 2.51. The lowest BCUT2D eigenvalue weighted by atomic mass is 9.88. The molecule has 1 atom stereocenters. The SMILES string of the molecule is CC.CC.CC.CC#CC(CC)CC(C)C.CC1CCC1. The zero-order chi connectivity index (χ0) is 17.7. The zero-order valence-corrected chi connectivity index (χ0v) is 17.3. The van der Waals surface area contributed by atoms with Crippen LogP contribution < -0.4 is 0 Å². The van der Waals surface area contributed by atoms with E-state index in [1.165, 1.54) is 32.1 Å². The molecule has 0 nitrogen and oxygen atoms in total. The van der Waals surface area contributed by atoms with Gasteiger partial charge in [-0.1, -0.05) is 88.5 Å². The molecule has 0 aromatic rings. The van der Waals surface area contributed by atoms with Gasteiger partial charge in [0.2, 0.25) is 0 Å². The van der Waals surface area contributed by atoms with Gasteiger partial charge in [0.05, 0.1) is 0 Å². The van der Waals surface area contributed by atoms with Crippen molar-refractivity contribution in [1.82, 2.24) is 0 Å². The monoisotopic (exact) mass is 298 g/mol. The molecule has 0 heteroatoms. The van der Waals surface area contributed by atoms with Gasteiger partial charge in [0.25, 0.3) is 0 Å². The highest BCUT2D eigenvalue weighted by Crippen LogP contribution is 2.24. The van der Waals surface area contributed by atoms with Crippen molar-refractivity contribution in [3.63, 3.8) is 0 Å². The minimum absolute atomic E-state index is 0.630. The van der Waals surface area contributed by atoms with Gasteiger partial charge in [-0.05, 0) is 31.6 Å². The maximum atomic E-state index is 3.21. The molecule has 0 aliphatic heterocycles. The first-order valence-corrected chi connectivity index (χ1v) is 9.52. The molecule has 1 aliphatic carbocycles. The Balaban J connectivity index is -0.000000110. The first kappa shape index (κ1) is 28.7. The molecule has 0 N–H and O–H groups in total. The lowest BCUT2D eigenvalue weighted by Crippen LogP contribution is -2.04. The smallest absolute Gasteiger partial charge is 0.0202 e. The molecule has 0 aromatic carbocycles. The van der Waals surface area contributed by atoms with Gasteiger partial charge in [-0.2, -0.15) is 0 Å². The van der Waals surface area contributed by atoms with E-state index in [1.54, 1.807) is 0 Å². The van der Waals surface area contributed by atoms with Crippen LogP contribution in [0.2, 0.25) is 0 Å². The molecule has 0 heterocycles. The number of hydrogen-bond donors (Lipinski definition) is 0. The fourth-order valence-corrected chi connectivity index (χ4v) is 1.71. The van der Waals surface area contributed by atoms with Crippen LogP contribution >= 0.6 is 0 Å². The van der Waals surface area contributed by atoms with Gasteiger partial charge in [-0.15, -0.1) is 11.8 Å². The van der Waals surface area contributed by atoms with E-state index in [4.69, 9.17) is 0 Å². The molecule has 1 fully saturated rings. The van der Waals surface area contributed by atoms with Crippen molar-refractivity contribution in [2.45, 2.75) is 108 Å². The Morgan fingerprint density at radius 3 is 1.48 bits per heavy atom. The Morgan fingerprint density at radius 1 is 0.952 bits per heavy atom. The third kappa shape index (κ3) is 28.5. The standard InChI is InChI=1S/C10H18.C5H10.3C2H6/c1-5-7-10(6-2)8-9(3)4;1-5-3-2-4-5;3*1-2/h9-10H,6,8H2,1-4H3;5H,2-4H2,1H3;3*1-2H3. The highest BCUT2D eigenvalue weighted by molar-refractivity contribution is 5.00. The maximum absolute atomic E-state index is 3.21. The molecule has 0 radical (unpaired) electrons. The molecule has 130 valence electrons. The maximum Gasteiger partial charge on any atom is 0.0202 e. The Bertz CT molecular complexity index is 188. The second-order valence-corrected chi connectivity index (χ2v) is 5.17. The Morgan fingerprint density at radius 2 is 1.33 bits per heavy atom. The molecule has 1 saturated carbocycles. The second-order valence-electron chi connectivity index (χ2n) is 5.17. The van der Waals surface area contributed by atoms with Crippen molar-refractivity contribution >= 4 is 0 Å². The lowest BCUT2D eigenvalue weighted by molar-refractivity contribution is 0.346. The van der Waals surface area contributed by atoms with Crippen molar-refractivity contribution in [3.8, 4) is 11.8 Å². The molecule has 0 saturated heterocycles. The second kappa shape index (κ2) is 27.8. The van der Waals surface area contributed by atoms with Gasteiger partial charge >= 0.3 is 0 Å². The van der Waals surface area contributed by atoms with E-state index < -0.39 is 0 Å². The van der Waals surface area contributed by atoms with E-state index in [0.717, 1.165) is 11.8 Å². The van der Waals surface area contributed by atoms with Crippen LogP contribution in [-0.4, -0.2) is 0 Å². The summed E-state index contributed by atoms with van der Waals surface area (Å²) in [6.07, 6.45) is 6.90. The normalized spacial score (nSPS) is 13.0. The van der Waals surface area contributed by atoms with Crippen LogP contribution in [0.4, 0.5) is 0 Å². The van der Waals surface area contributed by atoms with Gasteiger partial charge in [0.1, 0.15) is 0 Å². The predicted molar refractivity (Wildman–Crippen MR) is 104 cm³/mol. The molecular formula is C21H46. The summed E-state index contributed by atoms with van der Waals surface area (Å²) in [6.45, 7) is 22.9. The third-order valence-corrected chi connectivity index (χ3v) is 2.99. The summed E-state index contributed by atoms with van der Waals surface area (Å²) in [7, 11) is 0. The minimum Gasteiger partial charge on any atom is -0.106 e. The van der Waals surface area contributed by atoms with Crippen LogP contribution in [0, 0.1) is 29.6 Å². The molecule has 1 rings (SSSR count). The molecule has 21 heavy (non-hydrogen) atoms. The quantitative estimate of drug-likeness (QED) is 0.463. The van der Waals surface area contributed by atoms with Crippen molar-refractivity contribution in [1.29, 1.82) is 0 Å². The minimum atomic E-state index is 0.630. The predicted octanol–water partition coefficient (Wildman–Crippen LogP) is 7.97. The molecular weight excluding hydrogens is 252 g/mol. The summed E-state index contributed by atoms with van der Waals surface area (Å²) < 4.78 is 0. The van der Waals surface area contributed by atoms with Crippen LogP contribution in [0.5, 0.6) is 0 Å². The Hall–Kier alpha value is -0.440. The largest absolute Gasteiger partial charge is 0.106 e. The van der Waals surface area contributed by atoms with Gasteiger partial charge < -0.3 is 0 Å². The van der Waals surface area contributed by atoms with E-state index >= 15 is 0 Å². The van der Waals surface area contributed by atoms with Gasteiger partial charge in [-0.25, -0.2) is 0 Å². The first-order chi connectivity index (χ1) is 10.1. The van der Waals surface area contributed by atoms with Crippen molar-refractivity contribution < 1.29 is 0 Å². The highest BCUT2D eigenvalue weighted by Gasteiger charge is 2.09. The molecule has 0 aromatic heterocycles. The Kier molecular flexibility index (Phi) is 38.0. The van der Waals surface area contributed by atoms with Crippen LogP contribution in [0.3, 0.4) is 0 Å². The van der Waals surface area contributed by atoms with Gasteiger partial charge in [-0.3, -0.25) is 0 Å². The molecule has 0 spiro atoms. The molecule has 1 unspecified atom stereocenters. The first-order valence-electron chi connectivity index (χ1n) is 9.52. The van der Waals surface area contributed by atoms with Gasteiger partial charge in [0.15, 0.2) is 0 Å². The lowest BCUT2D eigenvalue weighted by Gasteiger charge is -2.18. The summed E-state index contributed by atoms with van der Waals surface area (Å²) >= 11 is 0. The number of rotatable bonds is 3. The van der Waals surface area contributed by atoms with E-state index in [9.17, 15) is 0 Å². The number of hydrogen-bond acceptors (Lipinski definition) is 0. The van der Waals surface area contributed by atoms with E-state index in [-0.39, 0.29) is 0 Å². The van der Waals surface area contributed by atoms with Crippen LogP contribution in [-0.2, 0) is 0 Å². The van der Waals surface area contributed by atoms with Crippen molar-refractivity contribution in [2.24, 2.45) is 17.8 Å². The van der Waals surface area contributed by atoms with Crippen molar-refractivity contribution in [2.75, 3.05) is 0 Å². The summed E-state index contributed by atoms with van der Waals surface area (Å²) in [5.74, 6) is 8.67. The zero-order valence-electron chi connectivity index (χ0n) is 17.3. The molecule has 0 bridgehead atoms. The van der Waals surface area contributed by atoms with E-state index in [2.05, 4.69) is 39.5 Å².